The molecule has 2 amide bonds. The summed E-state index contributed by atoms with van der Waals surface area (Å²) >= 11 is 0. The molecule has 7 heteroatoms. The van der Waals surface area contributed by atoms with Gasteiger partial charge in [0.2, 0.25) is 0 Å². The molecule has 0 saturated heterocycles. The van der Waals surface area contributed by atoms with Crippen molar-refractivity contribution in [2.45, 2.75) is 38.8 Å². The average Bonchev–Trinajstić information content (AvgIpc) is 3.24. The molecule has 0 radical (unpaired) electrons. The highest BCUT2D eigenvalue weighted by Gasteiger charge is 2.27. The maximum absolute atomic E-state index is 12.3. The monoisotopic (exact) mass is 356 g/mol. The van der Waals surface area contributed by atoms with Gasteiger partial charge < -0.3 is 19.8 Å². The normalized spacial score (nSPS) is 14.4. The summed E-state index contributed by atoms with van der Waals surface area (Å²) in [5.41, 5.74) is 1.49. The molecule has 2 N–H and O–H groups in total. The number of carbonyl (C=O) groups excluding carboxylic acids is 3. The molecule has 136 valence electrons. The van der Waals surface area contributed by atoms with Crippen LogP contribution in [-0.2, 0) is 9.53 Å². The number of rotatable bonds is 6. The molecule has 0 aliphatic heterocycles. The van der Waals surface area contributed by atoms with Crippen molar-refractivity contribution in [1.82, 2.24) is 5.32 Å². The van der Waals surface area contributed by atoms with Crippen molar-refractivity contribution in [2.75, 3.05) is 5.32 Å². The second-order valence-corrected chi connectivity index (χ2v) is 6.29. The summed E-state index contributed by atoms with van der Waals surface area (Å²) in [5, 5.41) is 5.49. The second kappa shape index (κ2) is 7.43. The van der Waals surface area contributed by atoms with Crippen LogP contribution in [0, 0.1) is 6.92 Å². The van der Waals surface area contributed by atoms with Gasteiger partial charge in [0.25, 0.3) is 11.8 Å². The Morgan fingerprint density at radius 3 is 2.65 bits per heavy atom. The lowest BCUT2D eigenvalue weighted by Gasteiger charge is -2.14. The van der Waals surface area contributed by atoms with Crippen LogP contribution in [0.2, 0.25) is 0 Å². The Morgan fingerprint density at radius 2 is 2.00 bits per heavy atom. The van der Waals surface area contributed by atoms with Crippen LogP contribution in [0.5, 0.6) is 0 Å². The van der Waals surface area contributed by atoms with Gasteiger partial charge in [-0.1, -0.05) is 6.07 Å². The van der Waals surface area contributed by atoms with Crippen LogP contribution in [0.1, 0.15) is 46.2 Å². The zero-order valence-electron chi connectivity index (χ0n) is 14.6. The van der Waals surface area contributed by atoms with E-state index in [0.29, 0.717) is 5.69 Å². The predicted molar refractivity (Wildman–Crippen MR) is 93.9 cm³/mol. The van der Waals surface area contributed by atoms with Crippen LogP contribution in [0.3, 0.4) is 0 Å². The number of esters is 1. The minimum absolute atomic E-state index is 0.169. The predicted octanol–water partition coefficient (Wildman–Crippen LogP) is 2.66. The summed E-state index contributed by atoms with van der Waals surface area (Å²) in [6, 6.07) is 8.16. The fraction of sp³-hybridized carbons (Fsp3) is 0.316. The number of aryl methyl sites for hydroxylation is 1. The molecule has 1 heterocycles. The average molecular weight is 356 g/mol. The largest absolute Gasteiger partial charge is 0.459 e. The molecule has 0 unspecified atom stereocenters. The molecule has 7 nitrogen and oxygen atoms in total. The van der Waals surface area contributed by atoms with Gasteiger partial charge in [-0.25, -0.2) is 4.79 Å². The van der Waals surface area contributed by atoms with Crippen molar-refractivity contribution in [1.29, 1.82) is 0 Å². The SMILES string of the molecule is Cc1ccc(C(=O)O[C@H](C)C(=O)NC2CC2)cc1NC(=O)c1ccco1. The van der Waals surface area contributed by atoms with Crippen LogP contribution in [0.4, 0.5) is 5.69 Å². The Bertz CT molecular complexity index is 824. The van der Waals surface area contributed by atoms with E-state index in [0.717, 1.165) is 18.4 Å². The quantitative estimate of drug-likeness (QED) is 0.776. The fourth-order valence-electron chi connectivity index (χ4n) is 2.30. The molecule has 0 bridgehead atoms. The zero-order chi connectivity index (χ0) is 18.7. The standard InChI is InChI=1S/C19H20N2O5/c1-11-5-6-13(10-15(11)21-18(23)16-4-3-9-25-16)19(24)26-12(2)17(22)20-14-7-8-14/h3-6,9-10,12,14H,7-8H2,1-2H3,(H,20,22)(H,21,23)/t12-/m1/s1. The van der Waals surface area contributed by atoms with Crippen molar-refractivity contribution in [3.05, 3.63) is 53.5 Å². The molecule has 1 aromatic heterocycles. The van der Waals surface area contributed by atoms with E-state index in [4.69, 9.17) is 9.15 Å². The smallest absolute Gasteiger partial charge is 0.338 e. The van der Waals surface area contributed by atoms with Gasteiger partial charge >= 0.3 is 5.97 Å². The summed E-state index contributed by atoms with van der Waals surface area (Å²) in [6.07, 6.45) is 2.45. The Labute approximate surface area is 150 Å². The van der Waals surface area contributed by atoms with Crippen LogP contribution in [-0.4, -0.2) is 29.9 Å². The maximum Gasteiger partial charge on any atom is 0.338 e. The molecule has 1 aromatic carbocycles. The van der Waals surface area contributed by atoms with Crippen molar-refractivity contribution < 1.29 is 23.5 Å². The molecule has 1 aliphatic carbocycles. The highest BCUT2D eigenvalue weighted by atomic mass is 16.5. The Hall–Kier alpha value is -3.09. The summed E-state index contributed by atoms with van der Waals surface area (Å²) in [6.45, 7) is 3.34. The minimum atomic E-state index is -0.884. The van der Waals surface area contributed by atoms with Crippen LogP contribution < -0.4 is 10.6 Å². The first kappa shape index (κ1) is 17.7. The molecule has 1 aliphatic rings. The zero-order valence-corrected chi connectivity index (χ0v) is 14.6. The molecule has 1 atom stereocenters. The number of furan rings is 1. The maximum atomic E-state index is 12.3. The highest BCUT2D eigenvalue weighted by Crippen LogP contribution is 2.20. The van der Waals surface area contributed by atoms with Crippen molar-refractivity contribution in [3.8, 4) is 0 Å². The van der Waals surface area contributed by atoms with Crippen molar-refractivity contribution in [2.24, 2.45) is 0 Å². The van der Waals surface area contributed by atoms with Gasteiger partial charge in [-0.15, -0.1) is 0 Å². The Kier molecular flexibility index (Phi) is 5.06. The van der Waals surface area contributed by atoms with Crippen molar-refractivity contribution >= 4 is 23.5 Å². The summed E-state index contributed by atoms with van der Waals surface area (Å²) in [5.74, 6) is -1.18. The van der Waals surface area contributed by atoms with E-state index in [2.05, 4.69) is 10.6 Å². The highest BCUT2D eigenvalue weighted by molar-refractivity contribution is 6.03. The third-order valence-electron chi connectivity index (χ3n) is 4.04. The Morgan fingerprint density at radius 1 is 1.23 bits per heavy atom. The molecule has 1 saturated carbocycles. The van der Waals surface area contributed by atoms with Gasteiger partial charge in [0.05, 0.1) is 11.8 Å². The molecule has 26 heavy (non-hydrogen) atoms. The van der Waals surface area contributed by atoms with E-state index >= 15 is 0 Å². The topological polar surface area (TPSA) is 97.6 Å². The minimum Gasteiger partial charge on any atom is -0.459 e. The van der Waals surface area contributed by atoms with E-state index < -0.39 is 18.0 Å². The van der Waals surface area contributed by atoms with Gasteiger partial charge in [-0.2, -0.15) is 0 Å². The molecule has 3 rings (SSSR count). The lowest BCUT2D eigenvalue weighted by molar-refractivity contribution is -0.129. The number of nitrogens with one attached hydrogen (secondary N) is 2. The number of carbonyl (C=O) groups is 3. The van der Waals surface area contributed by atoms with Crippen LogP contribution in [0.15, 0.2) is 41.0 Å². The number of hydrogen-bond acceptors (Lipinski definition) is 5. The second-order valence-electron chi connectivity index (χ2n) is 6.29. The number of amides is 2. The first-order valence-corrected chi connectivity index (χ1v) is 8.41. The van der Waals surface area contributed by atoms with Crippen molar-refractivity contribution in [3.63, 3.8) is 0 Å². The third kappa shape index (κ3) is 4.30. The number of benzene rings is 1. The summed E-state index contributed by atoms with van der Waals surface area (Å²) < 4.78 is 10.3. The van der Waals surface area contributed by atoms with Gasteiger partial charge in [-0.3, -0.25) is 9.59 Å². The molecule has 1 fully saturated rings. The fourth-order valence-corrected chi connectivity index (χ4v) is 2.30. The number of hydrogen-bond donors (Lipinski definition) is 2. The van der Waals surface area contributed by atoms with Gasteiger partial charge in [-0.05, 0) is 56.5 Å². The first-order chi connectivity index (χ1) is 12.4. The summed E-state index contributed by atoms with van der Waals surface area (Å²) in [4.78, 5) is 36.3. The van der Waals surface area contributed by atoms with Gasteiger partial charge in [0.15, 0.2) is 11.9 Å². The lowest BCUT2D eigenvalue weighted by atomic mass is 10.1. The first-order valence-electron chi connectivity index (χ1n) is 8.41. The van der Waals surface area contributed by atoms with Gasteiger partial charge in [0.1, 0.15) is 0 Å². The lowest BCUT2D eigenvalue weighted by Crippen LogP contribution is -2.37. The van der Waals surface area contributed by atoms with E-state index in [1.165, 1.54) is 19.3 Å². The van der Waals surface area contributed by atoms with E-state index in [-0.39, 0.29) is 23.3 Å². The van der Waals surface area contributed by atoms with E-state index in [1.54, 1.807) is 31.2 Å². The van der Waals surface area contributed by atoms with Crippen LogP contribution >= 0.6 is 0 Å². The Balaban J connectivity index is 1.66. The molecular weight excluding hydrogens is 336 g/mol. The summed E-state index contributed by atoms with van der Waals surface area (Å²) in [7, 11) is 0. The van der Waals surface area contributed by atoms with E-state index in [9.17, 15) is 14.4 Å². The third-order valence-corrected chi connectivity index (χ3v) is 4.04. The molecular formula is C19H20N2O5. The number of anilines is 1. The molecule has 0 spiro atoms. The van der Waals surface area contributed by atoms with Gasteiger partial charge in [0, 0.05) is 11.7 Å². The van der Waals surface area contributed by atoms with Crippen LogP contribution in [0.25, 0.3) is 0 Å². The number of ether oxygens (including phenoxy) is 1. The molecule has 2 aromatic rings. The van der Waals surface area contributed by atoms with E-state index in [1.807, 2.05) is 0 Å².